The minimum absolute atomic E-state index is 0.580. The Labute approximate surface area is 98.4 Å². The van der Waals surface area contributed by atoms with Gasteiger partial charge in [0.25, 0.3) is 11.6 Å². The lowest BCUT2D eigenvalue weighted by atomic mass is 10.0. The Hall–Kier alpha value is -1.73. The monoisotopic (exact) mass is 269 g/mol. The van der Waals surface area contributed by atoms with Crippen LogP contribution in [0.25, 0.3) is 0 Å². The first-order valence-electron chi connectivity index (χ1n) is 4.81. The summed E-state index contributed by atoms with van der Waals surface area (Å²) in [7, 11) is 0. The number of rotatable bonds is 4. The average molecular weight is 269 g/mol. The van der Waals surface area contributed by atoms with Crippen LogP contribution in [0.2, 0.25) is 0 Å². The van der Waals surface area contributed by atoms with Gasteiger partial charge in [0.1, 0.15) is 0 Å². The standard InChI is InChI=1S/C10H8F5NO2/c11-9(12,4-5-10(13,14)15)7-2-1-3-8(6-7)16(17)18/h1-3,6H,4-5H2. The predicted molar refractivity (Wildman–Crippen MR) is 52.3 cm³/mol. The van der Waals surface area contributed by atoms with Gasteiger partial charge in [0.2, 0.25) is 0 Å². The van der Waals surface area contributed by atoms with Crippen molar-refractivity contribution >= 4 is 5.69 Å². The van der Waals surface area contributed by atoms with Gasteiger partial charge in [-0.25, -0.2) is 8.78 Å². The second kappa shape index (κ2) is 4.87. The Balaban J connectivity index is 2.90. The molecule has 0 unspecified atom stereocenters. The number of non-ortho nitro benzene ring substituents is 1. The van der Waals surface area contributed by atoms with Gasteiger partial charge in [-0.2, -0.15) is 13.2 Å². The fourth-order valence-corrected chi connectivity index (χ4v) is 1.29. The highest BCUT2D eigenvalue weighted by molar-refractivity contribution is 5.36. The van der Waals surface area contributed by atoms with E-state index in [2.05, 4.69) is 0 Å². The Morgan fingerprint density at radius 3 is 2.22 bits per heavy atom. The van der Waals surface area contributed by atoms with Crippen LogP contribution in [0.15, 0.2) is 24.3 Å². The third-order valence-corrected chi connectivity index (χ3v) is 2.20. The smallest absolute Gasteiger partial charge is 0.258 e. The van der Waals surface area contributed by atoms with Crippen molar-refractivity contribution in [2.45, 2.75) is 24.9 Å². The van der Waals surface area contributed by atoms with Gasteiger partial charge in [0.15, 0.2) is 0 Å². The maximum Gasteiger partial charge on any atom is 0.389 e. The van der Waals surface area contributed by atoms with Crippen LogP contribution in [0.4, 0.5) is 27.6 Å². The number of benzene rings is 1. The molecule has 1 aromatic rings. The van der Waals surface area contributed by atoms with Crippen molar-refractivity contribution in [1.29, 1.82) is 0 Å². The molecule has 0 amide bonds. The molecule has 1 aromatic carbocycles. The Morgan fingerprint density at radius 1 is 1.11 bits per heavy atom. The predicted octanol–water partition coefficient (Wildman–Crippen LogP) is 4.03. The highest BCUT2D eigenvalue weighted by Crippen LogP contribution is 2.37. The molecule has 0 radical (unpaired) electrons. The molecular weight excluding hydrogens is 261 g/mol. The van der Waals surface area contributed by atoms with Crippen LogP contribution in [-0.2, 0) is 5.92 Å². The molecule has 0 aromatic heterocycles. The second-order valence-corrected chi connectivity index (χ2v) is 3.63. The molecule has 0 aliphatic carbocycles. The normalized spacial score (nSPS) is 12.5. The summed E-state index contributed by atoms with van der Waals surface area (Å²) >= 11 is 0. The summed E-state index contributed by atoms with van der Waals surface area (Å²) < 4.78 is 62.4. The number of nitrogens with zero attached hydrogens (tertiary/aromatic N) is 1. The van der Waals surface area contributed by atoms with E-state index in [0.29, 0.717) is 6.07 Å². The maximum absolute atomic E-state index is 13.4. The van der Waals surface area contributed by atoms with E-state index < -0.39 is 41.1 Å². The maximum atomic E-state index is 13.4. The van der Waals surface area contributed by atoms with Gasteiger partial charge in [-0.05, 0) is 0 Å². The summed E-state index contributed by atoms with van der Waals surface area (Å²) in [6.07, 6.45) is -7.77. The average Bonchev–Trinajstić information content (AvgIpc) is 2.26. The quantitative estimate of drug-likeness (QED) is 0.470. The molecule has 100 valence electrons. The van der Waals surface area contributed by atoms with Crippen molar-refractivity contribution in [2.75, 3.05) is 0 Å². The topological polar surface area (TPSA) is 43.1 Å². The lowest BCUT2D eigenvalue weighted by molar-refractivity contribution is -0.385. The van der Waals surface area contributed by atoms with Crippen LogP contribution in [0.5, 0.6) is 0 Å². The van der Waals surface area contributed by atoms with E-state index in [1.54, 1.807) is 0 Å². The summed E-state index contributed by atoms with van der Waals surface area (Å²) in [6.45, 7) is 0. The van der Waals surface area contributed by atoms with Gasteiger partial charge in [0.05, 0.1) is 4.92 Å². The van der Waals surface area contributed by atoms with Crippen LogP contribution in [0.1, 0.15) is 18.4 Å². The van der Waals surface area contributed by atoms with E-state index in [1.165, 1.54) is 0 Å². The van der Waals surface area contributed by atoms with Gasteiger partial charge < -0.3 is 0 Å². The van der Waals surface area contributed by atoms with Crippen molar-refractivity contribution in [2.24, 2.45) is 0 Å². The van der Waals surface area contributed by atoms with E-state index in [0.717, 1.165) is 18.2 Å². The number of nitro benzene ring substituents is 1. The zero-order chi connectivity index (χ0) is 14.0. The zero-order valence-corrected chi connectivity index (χ0v) is 8.88. The van der Waals surface area contributed by atoms with E-state index in [-0.39, 0.29) is 0 Å². The molecule has 0 fully saturated rings. The molecule has 0 spiro atoms. The van der Waals surface area contributed by atoms with E-state index >= 15 is 0 Å². The van der Waals surface area contributed by atoms with Gasteiger partial charge in [0, 0.05) is 30.5 Å². The molecule has 0 N–H and O–H groups in total. The molecule has 0 heterocycles. The highest BCUT2D eigenvalue weighted by Gasteiger charge is 2.38. The first kappa shape index (κ1) is 14.3. The van der Waals surface area contributed by atoms with Gasteiger partial charge in [-0.3, -0.25) is 10.1 Å². The van der Waals surface area contributed by atoms with Crippen LogP contribution >= 0.6 is 0 Å². The molecule has 0 saturated carbocycles. The van der Waals surface area contributed by atoms with Gasteiger partial charge in [-0.15, -0.1) is 0 Å². The molecule has 1 rings (SSSR count). The van der Waals surface area contributed by atoms with Crippen molar-refractivity contribution < 1.29 is 26.9 Å². The number of halogens is 5. The lowest BCUT2D eigenvalue weighted by Gasteiger charge is -2.17. The summed E-state index contributed by atoms with van der Waals surface area (Å²) in [4.78, 5) is 9.49. The summed E-state index contributed by atoms with van der Waals surface area (Å²) in [5.74, 6) is -3.75. The Bertz CT molecular complexity index is 444. The molecule has 0 atom stereocenters. The first-order valence-corrected chi connectivity index (χ1v) is 4.81. The zero-order valence-electron chi connectivity index (χ0n) is 8.88. The van der Waals surface area contributed by atoms with E-state index in [1.807, 2.05) is 0 Å². The van der Waals surface area contributed by atoms with Crippen LogP contribution < -0.4 is 0 Å². The van der Waals surface area contributed by atoms with E-state index in [9.17, 15) is 32.1 Å². The van der Waals surface area contributed by atoms with Gasteiger partial charge in [-0.1, -0.05) is 12.1 Å². The summed E-state index contributed by atoms with van der Waals surface area (Å²) in [5, 5.41) is 10.4. The second-order valence-electron chi connectivity index (χ2n) is 3.63. The minimum atomic E-state index is -4.69. The summed E-state index contributed by atoms with van der Waals surface area (Å²) in [6, 6.07) is 3.44. The number of alkyl halides is 5. The number of hydrogen-bond acceptors (Lipinski definition) is 2. The first-order chi connectivity index (χ1) is 8.12. The molecule has 0 bridgehead atoms. The van der Waals surface area contributed by atoms with Gasteiger partial charge >= 0.3 is 6.18 Å². The Morgan fingerprint density at radius 2 is 1.72 bits per heavy atom. The molecule has 0 saturated heterocycles. The number of nitro groups is 1. The van der Waals surface area contributed by atoms with Crippen molar-refractivity contribution in [3.63, 3.8) is 0 Å². The summed E-state index contributed by atoms with van der Waals surface area (Å²) in [5.41, 5.74) is -1.37. The molecule has 3 nitrogen and oxygen atoms in total. The molecule has 0 aliphatic heterocycles. The molecule has 18 heavy (non-hydrogen) atoms. The van der Waals surface area contributed by atoms with Crippen LogP contribution in [0.3, 0.4) is 0 Å². The molecule has 8 heteroatoms. The van der Waals surface area contributed by atoms with Crippen molar-refractivity contribution in [1.82, 2.24) is 0 Å². The third kappa shape index (κ3) is 3.94. The fraction of sp³-hybridized carbons (Fsp3) is 0.400. The lowest BCUT2D eigenvalue weighted by Crippen LogP contribution is -2.18. The molecule has 0 aliphatic rings. The van der Waals surface area contributed by atoms with Crippen molar-refractivity contribution in [3.8, 4) is 0 Å². The van der Waals surface area contributed by atoms with Crippen LogP contribution in [-0.4, -0.2) is 11.1 Å². The number of hydrogen-bond donors (Lipinski definition) is 0. The highest BCUT2D eigenvalue weighted by atomic mass is 19.4. The minimum Gasteiger partial charge on any atom is -0.258 e. The SMILES string of the molecule is O=[N+]([O-])c1cccc(C(F)(F)CCC(F)(F)F)c1. The largest absolute Gasteiger partial charge is 0.389 e. The van der Waals surface area contributed by atoms with Crippen LogP contribution in [0, 0.1) is 10.1 Å². The third-order valence-electron chi connectivity index (χ3n) is 2.20. The van der Waals surface area contributed by atoms with E-state index in [4.69, 9.17) is 0 Å². The Kier molecular flexibility index (Phi) is 3.88. The van der Waals surface area contributed by atoms with Crippen molar-refractivity contribution in [3.05, 3.63) is 39.9 Å². The fourth-order valence-electron chi connectivity index (χ4n) is 1.29. The molecular formula is C10H8F5NO2.